The van der Waals surface area contributed by atoms with Crippen LogP contribution < -0.4 is 16.2 Å². The van der Waals surface area contributed by atoms with E-state index in [-0.39, 0.29) is 23.9 Å². The first-order chi connectivity index (χ1) is 13.8. The Balaban J connectivity index is 1.51. The van der Waals surface area contributed by atoms with Crippen molar-refractivity contribution in [3.63, 3.8) is 0 Å². The van der Waals surface area contributed by atoms with Gasteiger partial charge < -0.3 is 10.2 Å². The zero-order valence-electron chi connectivity index (χ0n) is 16.8. The number of benzene rings is 1. The van der Waals surface area contributed by atoms with Gasteiger partial charge in [-0.1, -0.05) is 24.9 Å². The Bertz CT molecular complexity index is 856. The lowest BCUT2D eigenvalue weighted by molar-refractivity contribution is -0.157. The highest BCUT2D eigenvalue weighted by atomic mass is 35.5. The van der Waals surface area contributed by atoms with E-state index in [1.165, 1.54) is 13.3 Å². The van der Waals surface area contributed by atoms with E-state index < -0.39 is 5.54 Å². The minimum absolute atomic E-state index is 0.0280. The molecule has 3 unspecified atom stereocenters. The zero-order chi connectivity index (χ0) is 20.8. The molecule has 1 aliphatic heterocycles. The van der Waals surface area contributed by atoms with Gasteiger partial charge in [0.1, 0.15) is 5.54 Å². The first kappa shape index (κ1) is 20.0. The van der Waals surface area contributed by atoms with E-state index in [4.69, 9.17) is 11.6 Å². The van der Waals surface area contributed by atoms with Crippen LogP contribution in [0.1, 0.15) is 63.9 Å². The summed E-state index contributed by atoms with van der Waals surface area (Å²) in [4.78, 5) is 38.8. The normalized spacial score (nSPS) is 28.0. The van der Waals surface area contributed by atoms with Crippen molar-refractivity contribution >= 4 is 35.1 Å². The number of carbonyl (C=O) groups excluding carboxylic acids is 3. The molecule has 1 aromatic rings. The van der Waals surface area contributed by atoms with Crippen molar-refractivity contribution in [2.24, 2.45) is 5.92 Å². The molecule has 7 nitrogen and oxygen atoms in total. The fourth-order valence-electron chi connectivity index (χ4n) is 5.06. The maximum atomic E-state index is 13.1. The SMILES string of the molecule is CC(=O)NNC(=O)C12CC(C)CC(C1)N2C(=O)Nc1ccc(Cl)c(C2CCC2)c1. The van der Waals surface area contributed by atoms with Crippen LogP contribution in [0.3, 0.4) is 0 Å². The molecule has 4 amide bonds. The van der Waals surface area contributed by atoms with Crippen LogP contribution in [-0.4, -0.2) is 34.3 Å². The van der Waals surface area contributed by atoms with E-state index in [0.717, 1.165) is 29.8 Å². The third kappa shape index (κ3) is 3.56. The van der Waals surface area contributed by atoms with Crippen molar-refractivity contribution in [1.82, 2.24) is 15.8 Å². The van der Waals surface area contributed by atoms with Crippen molar-refractivity contribution in [2.75, 3.05) is 5.32 Å². The Morgan fingerprint density at radius 1 is 1.17 bits per heavy atom. The molecule has 4 rings (SSSR count). The van der Waals surface area contributed by atoms with Crippen LogP contribution in [-0.2, 0) is 9.59 Å². The molecular weight excluding hydrogens is 392 g/mol. The van der Waals surface area contributed by atoms with Gasteiger partial charge in [-0.2, -0.15) is 0 Å². The number of carbonyl (C=O) groups is 3. The molecule has 3 aliphatic rings. The smallest absolute Gasteiger partial charge is 0.308 e. The number of likely N-dealkylation sites (tertiary alicyclic amines) is 1. The summed E-state index contributed by atoms with van der Waals surface area (Å²) in [5, 5.41) is 3.69. The molecule has 156 valence electrons. The Labute approximate surface area is 175 Å². The number of hydrogen-bond acceptors (Lipinski definition) is 3. The predicted octanol–water partition coefficient (Wildman–Crippen LogP) is 3.55. The van der Waals surface area contributed by atoms with Crippen LogP contribution in [0.2, 0.25) is 5.02 Å². The van der Waals surface area contributed by atoms with Crippen molar-refractivity contribution in [3.05, 3.63) is 28.8 Å². The van der Waals surface area contributed by atoms with Gasteiger partial charge in [0.25, 0.3) is 5.91 Å². The van der Waals surface area contributed by atoms with E-state index in [1.807, 2.05) is 12.1 Å². The summed E-state index contributed by atoms with van der Waals surface area (Å²) in [5.41, 5.74) is 5.66. The number of hydrogen-bond donors (Lipinski definition) is 3. The number of amides is 4. The first-order valence-corrected chi connectivity index (χ1v) is 10.6. The molecule has 2 bridgehead atoms. The van der Waals surface area contributed by atoms with Gasteiger partial charge in [-0.05, 0) is 61.3 Å². The Kier molecular flexibility index (Phi) is 5.19. The maximum absolute atomic E-state index is 13.1. The van der Waals surface area contributed by atoms with Crippen LogP contribution in [0.4, 0.5) is 10.5 Å². The number of nitrogens with zero attached hydrogens (tertiary/aromatic N) is 1. The van der Waals surface area contributed by atoms with Gasteiger partial charge in [-0.3, -0.25) is 20.4 Å². The van der Waals surface area contributed by atoms with Crippen LogP contribution in [0.25, 0.3) is 0 Å². The van der Waals surface area contributed by atoms with Gasteiger partial charge >= 0.3 is 6.03 Å². The number of anilines is 1. The van der Waals surface area contributed by atoms with E-state index in [1.54, 1.807) is 11.0 Å². The Morgan fingerprint density at radius 2 is 1.93 bits per heavy atom. The quantitative estimate of drug-likeness (QED) is 0.655. The molecule has 3 N–H and O–H groups in total. The largest absolute Gasteiger partial charge is 0.323 e. The van der Waals surface area contributed by atoms with Crippen molar-refractivity contribution < 1.29 is 14.4 Å². The monoisotopic (exact) mass is 418 g/mol. The average molecular weight is 419 g/mol. The molecule has 0 radical (unpaired) electrons. The molecule has 8 heteroatoms. The van der Waals surface area contributed by atoms with Gasteiger partial charge in [0, 0.05) is 30.1 Å². The average Bonchev–Trinajstić information content (AvgIpc) is 2.60. The Morgan fingerprint density at radius 3 is 2.59 bits per heavy atom. The molecule has 3 atom stereocenters. The van der Waals surface area contributed by atoms with Crippen molar-refractivity contribution in [2.45, 2.75) is 69.9 Å². The summed E-state index contributed by atoms with van der Waals surface area (Å²) in [6.45, 7) is 3.42. The molecule has 2 aliphatic carbocycles. The number of halogens is 1. The third-order valence-corrected chi connectivity index (χ3v) is 6.89. The second kappa shape index (κ2) is 7.52. The lowest BCUT2D eigenvalue weighted by Gasteiger charge is -2.61. The highest BCUT2D eigenvalue weighted by molar-refractivity contribution is 6.31. The number of piperidine rings is 1. The lowest BCUT2D eigenvalue weighted by atomic mass is 9.64. The second-order valence-electron chi connectivity index (χ2n) is 8.73. The molecule has 0 aromatic heterocycles. The number of nitrogens with one attached hydrogen (secondary N) is 3. The van der Waals surface area contributed by atoms with Gasteiger partial charge in [-0.15, -0.1) is 0 Å². The Hall–Kier alpha value is -2.28. The molecule has 1 heterocycles. The van der Waals surface area contributed by atoms with Crippen molar-refractivity contribution in [1.29, 1.82) is 0 Å². The van der Waals surface area contributed by atoms with Crippen molar-refractivity contribution in [3.8, 4) is 0 Å². The second-order valence-corrected chi connectivity index (χ2v) is 9.14. The molecule has 29 heavy (non-hydrogen) atoms. The third-order valence-electron chi connectivity index (χ3n) is 6.55. The topological polar surface area (TPSA) is 90.5 Å². The molecule has 0 spiro atoms. The summed E-state index contributed by atoms with van der Waals surface area (Å²) in [7, 11) is 0. The summed E-state index contributed by atoms with van der Waals surface area (Å²) in [6, 6.07) is 5.31. The van der Waals surface area contributed by atoms with E-state index >= 15 is 0 Å². The van der Waals surface area contributed by atoms with Crippen LogP contribution >= 0.6 is 11.6 Å². The molecule has 3 fully saturated rings. The number of urea groups is 1. The van der Waals surface area contributed by atoms with E-state index in [9.17, 15) is 14.4 Å². The highest BCUT2D eigenvalue weighted by Gasteiger charge is 2.62. The molecule has 2 saturated carbocycles. The van der Waals surface area contributed by atoms with Gasteiger partial charge in [0.2, 0.25) is 5.91 Å². The zero-order valence-corrected chi connectivity index (χ0v) is 17.5. The van der Waals surface area contributed by atoms with Gasteiger partial charge in [0.05, 0.1) is 0 Å². The predicted molar refractivity (Wildman–Crippen MR) is 110 cm³/mol. The van der Waals surface area contributed by atoms with E-state index in [0.29, 0.717) is 30.4 Å². The van der Waals surface area contributed by atoms with E-state index in [2.05, 4.69) is 23.1 Å². The minimum Gasteiger partial charge on any atom is -0.308 e. The van der Waals surface area contributed by atoms with Crippen LogP contribution in [0.15, 0.2) is 18.2 Å². The molecule has 1 aromatic carbocycles. The molecule has 1 saturated heterocycles. The maximum Gasteiger partial charge on any atom is 0.323 e. The fourth-order valence-corrected chi connectivity index (χ4v) is 5.34. The standard InChI is InChI=1S/C21H27ClN4O3/c1-12-8-16-11-21(10-12,19(28)25-24-13(2)27)26(16)20(29)23-15-6-7-18(22)17(9-15)14-4-3-5-14/h6-7,9,12,14,16H,3-5,8,10-11H2,1-2H3,(H,23,29)(H,24,27)(H,25,28). The van der Waals surface area contributed by atoms with Crippen LogP contribution in [0.5, 0.6) is 0 Å². The summed E-state index contributed by atoms with van der Waals surface area (Å²) in [5.74, 6) is 0.104. The van der Waals surface area contributed by atoms with Gasteiger partial charge in [-0.25, -0.2) is 4.79 Å². The number of hydrazine groups is 1. The number of fused-ring (bicyclic) bond motifs is 2. The number of rotatable bonds is 3. The summed E-state index contributed by atoms with van der Waals surface area (Å²) < 4.78 is 0. The van der Waals surface area contributed by atoms with Gasteiger partial charge in [0.15, 0.2) is 0 Å². The fraction of sp³-hybridized carbons (Fsp3) is 0.571. The first-order valence-electron chi connectivity index (χ1n) is 10.3. The van der Waals surface area contributed by atoms with Crippen LogP contribution in [0, 0.1) is 5.92 Å². The minimum atomic E-state index is -0.919. The summed E-state index contributed by atoms with van der Waals surface area (Å²) in [6.07, 6.45) is 5.51. The molecular formula is C21H27ClN4O3. The highest BCUT2D eigenvalue weighted by Crippen LogP contribution is 2.50. The summed E-state index contributed by atoms with van der Waals surface area (Å²) >= 11 is 6.35. The lowest BCUT2D eigenvalue weighted by Crippen LogP contribution is -2.78.